The highest BCUT2D eigenvalue weighted by molar-refractivity contribution is 5.88. The summed E-state index contributed by atoms with van der Waals surface area (Å²) in [6.07, 6.45) is 2.07. The summed E-state index contributed by atoms with van der Waals surface area (Å²) in [5.41, 5.74) is 5.49. The van der Waals surface area contributed by atoms with Crippen LogP contribution in [-0.2, 0) is 11.8 Å². The molecule has 9 heteroatoms. The standard InChI is InChI=1S/C28H33N7O2/c1-17(2)25(37)24(36)12-6-5-9-15-29-26-28-33-32-18(3)35(28)23-14-13-19(16-21(23)30-26)27-31-20-10-7-8-11-22(20)34(27)4/h7-8,10-11,13-14,16-17,25,37H,5-6,9,12,15H2,1-4H3,(H,29,30)/t25-/m0/s1. The van der Waals surface area contributed by atoms with Gasteiger partial charge >= 0.3 is 0 Å². The van der Waals surface area contributed by atoms with Crippen molar-refractivity contribution < 1.29 is 9.90 Å². The number of anilines is 1. The van der Waals surface area contributed by atoms with Crippen LogP contribution in [0.1, 0.15) is 45.4 Å². The third-order valence-corrected chi connectivity index (χ3v) is 6.88. The monoisotopic (exact) mass is 499 g/mol. The fourth-order valence-electron chi connectivity index (χ4n) is 4.77. The Labute approximate surface area is 215 Å². The predicted octanol–water partition coefficient (Wildman–Crippen LogP) is 4.70. The Balaban J connectivity index is 1.36. The SMILES string of the molecule is Cc1nnc2c(NCCCCCC(=O)[C@@H](O)C(C)C)nc3cc(-c4nc5ccccc5n4C)ccc3n12. The maximum atomic E-state index is 12.0. The number of aryl methyl sites for hydroxylation is 2. The Morgan fingerprint density at radius 1 is 1.00 bits per heavy atom. The van der Waals surface area contributed by atoms with Gasteiger partial charge in [-0.3, -0.25) is 9.20 Å². The average Bonchev–Trinajstić information content (AvgIpc) is 3.45. The molecule has 5 rings (SSSR count). The molecule has 2 aromatic carbocycles. The normalized spacial score (nSPS) is 12.7. The predicted molar refractivity (Wildman–Crippen MR) is 146 cm³/mol. The Bertz CT molecular complexity index is 1580. The largest absolute Gasteiger partial charge is 0.385 e. The first-order chi connectivity index (χ1) is 17.8. The molecule has 0 bridgehead atoms. The molecule has 0 spiro atoms. The molecule has 5 aromatic rings. The van der Waals surface area contributed by atoms with E-state index in [-0.39, 0.29) is 11.7 Å². The number of ketones is 1. The summed E-state index contributed by atoms with van der Waals surface area (Å²) in [4.78, 5) is 21.8. The second kappa shape index (κ2) is 10.3. The van der Waals surface area contributed by atoms with Gasteiger partial charge in [-0.1, -0.05) is 32.4 Å². The number of Topliss-reactive ketones (excluding diaryl/α,β-unsaturated/α-hetero) is 1. The van der Waals surface area contributed by atoms with E-state index in [1.165, 1.54) is 0 Å². The maximum absolute atomic E-state index is 12.0. The molecule has 0 radical (unpaired) electrons. The van der Waals surface area contributed by atoms with Gasteiger partial charge in [-0.15, -0.1) is 10.2 Å². The number of aromatic nitrogens is 6. The van der Waals surface area contributed by atoms with E-state index >= 15 is 0 Å². The molecule has 0 saturated carbocycles. The molecule has 0 saturated heterocycles. The molecular weight excluding hydrogens is 466 g/mol. The van der Waals surface area contributed by atoms with E-state index in [9.17, 15) is 9.90 Å². The summed E-state index contributed by atoms with van der Waals surface area (Å²) in [7, 11) is 2.03. The van der Waals surface area contributed by atoms with Crippen molar-refractivity contribution in [2.75, 3.05) is 11.9 Å². The molecule has 0 unspecified atom stereocenters. The summed E-state index contributed by atoms with van der Waals surface area (Å²) in [6.45, 7) is 6.35. The van der Waals surface area contributed by atoms with Gasteiger partial charge in [-0.05, 0) is 56.0 Å². The highest BCUT2D eigenvalue weighted by Crippen LogP contribution is 2.28. The fraction of sp³-hybridized carbons (Fsp3) is 0.393. The van der Waals surface area contributed by atoms with Gasteiger partial charge in [0.15, 0.2) is 11.6 Å². The van der Waals surface area contributed by atoms with E-state index < -0.39 is 6.10 Å². The molecule has 3 heterocycles. The number of carbonyl (C=O) groups excluding carboxylic acids is 1. The Morgan fingerprint density at radius 3 is 2.59 bits per heavy atom. The van der Waals surface area contributed by atoms with Crippen LogP contribution in [0.15, 0.2) is 42.5 Å². The number of carbonyl (C=O) groups is 1. The van der Waals surface area contributed by atoms with E-state index in [4.69, 9.17) is 9.97 Å². The first-order valence-corrected chi connectivity index (χ1v) is 12.9. The van der Waals surface area contributed by atoms with E-state index in [1.807, 2.05) is 56.5 Å². The van der Waals surface area contributed by atoms with Crippen molar-refractivity contribution in [1.82, 2.24) is 29.1 Å². The zero-order chi connectivity index (χ0) is 26.1. The molecule has 0 amide bonds. The van der Waals surface area contributed by atoms with Gasteiger partial charge in [-0.2, -0.15) is 0 Å². The first kappa shape index (κ1) is 24.8. The third-order valence-electron chi connectivity index (χ3n) is 6.88. The highest BCUT2D eigenvalue weighted by Gasteiger charge is 2.18. The minimum absolute atomic E-state index is 0.0425. The van der Waals surface area contributed by atoms with Crippen molar-refractivity contribution in [2.24, 2.45) is 13.0 Å². The number of benzene rings is 2. The minimum Gasteiger partial charge on any atom is -0.385 e. The number of hydrogen-bond donors (Lipinski definition) is 2. The number of rotatable bonds is 10. The summed E-state index contributed by atoms with van der Waals surface area (Å²) in [6, 6.07) is 14.3. The van der Waals surface area contributed by atoms with Crippen LogP contribution in [0, 0.1) is 12.8 Å². The van der Waals surface area contributed by atoms with E-state index in [0.29, 0.717) is 24.4 Å². The zero-order valence-electron chi connectivity index (χ0n) is 21.8. The zero-order valence-corrected chi connectivity index (χ0v) is 21.8. The number of hydrogen-bond acceptors (Lipinski definition) is 7. The summed E-state index contributed by atoms with van der Waals surface area (Å²) in [5.74, 6) is 2.25. The van der Waals surface area contributed by atoms with Gasteiger partial charge in [0, 0.05) is 25.6 Å². The second-order valence-electron chi connectivity index (χ2n) is 9.95. The molecule has 0 aliphatic carbocycles. The number of fused-ring (bicyclic) bond motifs is 4. The number of unbranched alkanes of at least 4 members (excludes halogenated alkanes) is 2. The second-order valence-corrected chi connectivity index (χ2v) is 9.95. The van der Waals surface area contributed by atoms with Crippen molar-refractivity contribution in [2.45, 2.75) is 52.6 Å². The van der Waals surface area contributed by atoms with Crippen molar-refractivity contribution in [3.63, 3.8) is 0 Å². The van der Waals surface area contributed by atoms with Gasteiger partial charge in [0.05, 0.1) is 22.1 Å². The molecule has 37 heavy (non-hydrogen) atoms. The van der Waals surface area contributed by atoms with Crippen LogP contribution < -0.4 is 5.32 Å². The van der Waals surface area contributed by atoms with Crippen molar-refractivity contribution in [1.29, 1.82) is 0 Å². The quantitative estimate of drug-likeness (QED) is 0.268. The highest BCUT2D eigenvalue weighted by atomic mass is 16.3. The van der Waals surface area contributed by atoms with Crippen LogP contribution in [0.2, 0.25) is 0 Å². The summed E-state index contributed by atoms with van der Waals surface area (Å²) < 4.78 is 4.12. The number of nitrogens with zero attached hydrogens (tertiary/aromatic N) is 6. The molecule has 3 aromatic heterocycles. The fourth-order valence-corrected chi connectivity index (χ4v) is 4.77. The van der Waals surface area contributed by atoms with Crippen molar-refractivity contribution in [3.05, 3.63) is 48.3 Å². The number of para-hydroxylation sites is 2. The lowest BCUT2D eigenvalue weighted by molar-refractivity contribution is -0.129. The Hall–Kier alpha value is -3.85. The van der Waals surface area contributed by atoms with Crippen LogP contribution in [0.5, 0.6) is 0 Å². The van der Waals surface area contributed by atoms with Crippen molar-refractivity contribution in [3.8, 4) is 11.4 Å². The lowest BCUT2D eigenvalue weighted by Gasteiger charge is -2.13. The molecule has 0 fully saturated rings. The summed E-state index contributed by atoms with van der Waals surface area (Å²) in [5, 5.41) is 22.0. The van der Waals surface area contributed by atoms with E-state index in [0.717, 1.165) is 58.5 Å². The smallest absolute Gasteiger partial charge is 0.204 e. The Morgan fingerprint density at radius 2 is 1.81 bits per heavy atom. The van der Waals surface area contributed by atoms with Gasteiger partial charge in [0.1, 0.15) is 17.8 Å². The minimum atomic E-state index is -0.863. The number of aliphatic hydroxyl groups is 1. The maximum Gasteiger partial charge on any atom is 0.204 e. The number of nitrogens with one attached hydrogen (secondary N) is 1. The van der Waals surface area contributed by atoms with Crippen LogP contribution in [0.3, 0.4) is 0 Å². The van der Waals surface area contributed by atoms with Crippen LogP contribution in [0.4, 0.5) is 5.82 Å². The molecular formula is C28H33N7O2. The molecule has 0 aliphatic rings. The Kier molecular flexibility index (Phi) is 6.88. The first-order valence-electron chi connectivity index (χ1n) is 12.9. The van der Waals surface area contributed by atoms with Crippen LogP contribution in [-0.4, -0.2) is 52.7 Å². The molecule has 192 valence electrons. The number of imidazole rings is 1. The lowest BCUT2D eigenvalue weighted by atomic mass is 9.99. The molecule has 1 atom stereocenters. The molecule has 2 N–H and O–H groups in total. The van der Waals surface area contributed by atoms with E-state index in [1.54, 1.807) is 0 Å². The molecule has 0 aliphatic heterocycles. The van der Waals surface area contributed by atoms with Crippen LogP contribution in [0.25, 0.3) is 39.1 Å². The average molecular weight is 500 g/mol. The van der Waals surface area contributed by atoms with Crippen LogP contribution >= 0.6 is 0 Å². The van der Waals surface area contributed by atoms with Gasteiger partial charge in [-0.25, -0.2) is 9.97 Å². The van der Waals surface area contributed by atoms with E-state index in [2.05, 4.69) is 38.3 Å². The molecule has 9 nitrogen and oxygen atoms in total. The van der Waals surface area contributed by atoms with Gasteiger partial charge in [0.2, 0.25) is 5.65 Å². The summed E-state index contributed by atoms with van der Waals surface area (Å²) >= 11 is 0. The van der Waals surface area contributed by atoms with Gasteiger partial charge < -0.3 is 15.0 Å². The van der Waals surface area contributed by atoms with Crippen molar-refractivity contribution >= 4 is 39.3 Å². The van der Waals surface area contributed by atoms with Gasteiger partial charge in [0.25, 0.3) is 0 Å². The topological polar surface area (TPSA) is 110 Å². The third kappa shape index (κ3) is 4.79. The lowest BCUT2D eigenvalue weighted by Crippen LogP contribution is -2.25. The number of aliphatic hydroxyl groups excluding tert-OH is 1.